The lowest BCUT2D eigenvalue weighted by atomic mass is 9.97. The van der Waals surface area contributed by atoms with Gasteiger partial charge in [0.25, 0.3) is 5.91 Å². The maximum atomic E-state index is 13.1. The number of aromatic nitrogens is 2. The smallest absolute Gasteiger partial charge is 0.259 e. The van der Waals surface area contributed by atoms with Gasteiger partial charge in [-0.2, -0.15) is 5.26 Å². The third-order valence-electron chi connectivity index (χ3n) is 4.90. The number of hydrogen-bond acceptors (Lipinski definition) is 7. The number of pyridine rings is 1. The van der Waals surface area contributed by atoms with Crippen LogP contribution >= 0.6 is 11.3 Å². The first-order valence-corrected chi connectivity index (χ1v) is 10.2. The van der Waals surface area contributed by atoms with Gasteiger partial charge in [0.2, 0.25) is 0 Å². The van der Waals surface area contributed by atoms with E-state index in [1.807, 2.05) is 6.92 Å². The summed E-state index contributed by atoms with van der Waals surface area (Å²) in [4.78, 5) is 34.4. The number of anilines is 1. The third-order valence-corrected chi connectivity index (χ3v) is 5.91. The highest BCUT2D eigenvalue weighted by Gasteiger charge is 2.23. The minimum atomic E-state index is -0.362. The van der Waals surface area contributed by atoms with Crippen LogP contribution in [0.25, 0.3) is 11.1 Å². The van der Waals surface area contributed by atoms with Gasteiger partial charge >= 0.3 is 0 Å². The van der Waals surface area contributed by atoms with Crippen LogP contribution in [0.15, 0.2) is 30.5 Å². The van der Waals surface area contributed by atoms with E-state index >= 15 is 0 Å². The second-order valence-corrected chi connectivity index (χ2v) is 8.04. The number of amides is 1. The molecule has 0 atom stereocenters. The number of fused-ring (bicyclic) bond motifs is 1. The van der Waals surface area contributed by atoms with Crippen molar-refractivity contribution < 1.29 is 14.3 Å². The Morgan fingerprint density at radius 2 is 2.10 bits per heavy atom. The Kier molecular flexibility index (Phi) is 5.29. The van der Waals surface area contributed by atoms with Crippen molar-refractivity contribution in [2.45, 2.75) is 26.2 Å². The van der Waals surface area contributed by atoms with Crippen LogP contribution in [0, 0.1) is 18.3 Å². The number of rotatable bonds is 4. The second kappa shape index (κ2) is 8.05. The van der Waals surface area contributed by atoms with E-state index in [0.29, 0.717) is 52.4 Å². The van der Waals surface area contributed by atoms with Crippen LogP contribution in [0.5, 0.6) is 5.75 Å². The molecule has 3 aromatic rings. The molecular weight excluding hydrogens is 400 g/mol. The monoisotopic (exact) mass is 418 g/mol. The molecule has 0 unspecified atom stereocenters. The highest BCUT2D eigenvalue weighted by molar-refractivity contribution is 7.16. The van der Waals surface area contributed by atoms with E-state index in [4.69, 9.17) is 4.74 Å². The quantitative estimate of drug-likeness (QED) is 0.693. The minimum Gasteiger partial charge on any atom is -0.496 e. The summed E-state index contributed by atoms with van der Waals surface area (Å²) in [5.41, 5.74) is 3.67. The summed E-state index contributed by atoms with van der Waals surface area (Å²) in [6.45, 7) is 1.83. The number of hydrogen-bond donors (Lipinski definition) is 1. The molecule has 2 aromatic heterocycles. The highest BCUT2D eigenvalue weighted by Crippen LogP contribution is 2.34. The van der Waals surface area contributed by atoms with Crippen molar-refractivity contribution in [1.29, 1.82) is 5.26 Å². The fraction of sp³-hybridized carbons (Fsp3) is 0.227. The SMILES string of the molecule is COc1ccc(C#N)cc1-c1cc(C)ncc1C(=O)Nc1nc2c(s1)CC(=O)CC2. The van der Waals surface area contributed by atoms with Crippen LogP contribution in [0.1, 0.15) is 38.6 Å². The Bertz CT molecular complexity index is 1210. The zero-order chi connectivity index (χ0) is 21.3. The Hall–Kier alpha value is -3.57. The van der Waals surface area contributed by atoms with Crippen LogP contribution in [-0.4, -0.2) is 28.8 Å². The summed E-state index contributed by atoms with van der Waals surface area (Å²) in [6.07, 6.45) is 2.98. The van der Waals surface area contributed by atoms with Gasteiger partial charge in [0.15, 0.2) is 5.13 Å². The number of nitriles is 1. The predicted octanol–water partition coefficient (Wildman–Crippen LogP) is 3.70. The summed E-state index contributed by atoms with van der Waals surface area (Å²) in [5, 5.41) is 12.6. The normalized spacial score (nSPS) is 12.8. The molecule has 0 saturated carbocycles. The van der Waals surface area contributed by atoms with Crippen LogP contribution in [0.2, 0.25) is 0 Å². The van der Waals surface area contributed by atoms with Gasteiger partial charge in [-0.3, -0.25) is 19.9 Å². The van der Waals surface area contributed by atoms with Crippen molar-refractivity contribution in [3.05, 3.63) is 57.9 Å². The van der Waals surface area contributed by atoms with Crippen molar-refractivity contribution in [2.75, 3.05) is 12.4 Å². The summed E-state index contributed by atoms with van der Waals surface area (Å²) < 4.78 is 5.45. The second-order valence-electron chi connectivity index (χ2n) is 6.96. The van der Waals surface area contributed by atoms with Gasteiger partial charge in [0.05, 0.1) is 30.0 Å². The molecule has 1 aliphatic carbocycles. The molecule has 1 amide bonds. The van der Waals surface area contributed by atoms with E-state index in [0.717, 1.165) is 16.3 Å². The number of benzene rings is 1. The average molecular weight is 418 g/mol. The third kappa shape index (κ3) is 3.80. The van der Waals surface area contributed by atoms with Gasteiger partial charge in [-0.15, -0.1) is 11.3 Å². The van der Waals surface area contributed by atoms with Crippen LogP contribution in [0.4, 0.5) is 5.13 Å². The topological polar surface area (TPSA) is 105 Å². The van der Waals surface area contributed by atoms with Crippen molar-refractivity contribution >= 4 is 28.2 Å². The first-order valence-electron chi connectivity index (χ1n) is 9.35. The lowest BCUT2D eigenvalue weighted by Gasteiger charge is -2.13. The van der Waals surface area contributed by atoms with Crippen molar-refractivity contribution in [3.63, 3.8) is 0 Å². The summed E-state index contributed by atoms with van der Waals surface area (Å²) in [5.74, 6) is 0.384. The van der Waals surface area contributed by atoms with Gasteiger partial charge in [-0.1, -0.05) is 0 Å². The van der Waals surface area contributed by atoms with E-state index in [2.05, 4.69) is 21.4 Å². The van der Waals surface area contributed by atoms with E-state index in [1.54, 1.807) is 31.4 Å². The molecule has 1 aliphatic rings. The number of thiazole rings is 1. The van der Waals surface area contributed by atoms with Crippen molar-refractivity contribution in [1.82, 2.24) is 9.97 Å². The molecule has 1 aromatic carbocycles. The molecule has 30 heavy (non-hydrogen) atoms. The zero-order valence-corrected chi connectivity index (χ0v) is 17.3. The standard InChI is InChI=1S/C22H18N4O3S/c1-12-7-15(16-8-13(10-23)3-6-19(16)29-2)17(11-24-12)21(28)26-22-25-18-5-4-14(27)9-20(18)30-22/h3,6-8,11H,4-5,9H2,1-2H3,(H,25,26,28). The van der Waals surface area contributed by atoms with E-state index in [1.165, 1.54) is 17.5 Å². The Balaban J connectivity index is 1.72. The Morgan fingerprint density at radius 1 is 1.27 bits per heavy atom. The maximum Gasteiger partial charge on any atom is 0.259 e. The van der Waals surface area contributed by atoms with E-state index < -0.39 is 0 Å². The van der Waals surface area contributed by atoms with E-state index in [9.17, 15) is 14.9 Å². The summed E-state index contributed by atoms with van der Waals surface area (Å²) in [6, 6.07) is 8.97. The molecule has 0 aliphatic heterocycles. The van der Waals surface area contributed by atoms with Crippen molar-refractivity contribution in [2.24, 2.45) is 0 Å². The van der Waals surface area contributed by atoms with Crippen LogP contribution < -0.4 is 10.1 Å². The molecule has 0 fully saturated rings. The number of ketones is 1. The van der Waals surface area contributed by atoms with Crippen LogP contribution in [-0.2, 0) is 17.6 Å². The van der Waals surface area contributed by atoms with E-state index in [-0.39, 0.29) is 11.7 Å². The number of methoxy groups -OCH3 is 1. The summed E-state index contributed by atoms with van der Waals surface area (Å²) >= 11 is 1.33. The summed E-state index contributed by atoms with van der Waals surface area (Å²) in [7, 11) is 1.54. The number of ether oxygens (including phenoxy) is 1. The molecule has 0 bridgehead atoms. The first-order chi connectivity index (χ1) is 14.5. The molecule has 2 heterocycles. The Morgan fingerprint density at radius 3 is 2.87 bits per heavy atom. The number of nitrogens with one attached hydrogen (secondary N) is 1. The van der Waals surface area contributed by atoms with Gasteiger partial charge in [0, 0.05) is 40.7 Å². The average Bonchev–Trinajstić information content (AvgIpc) is 3.14. The molecule has 0 radical (unpaired) electrons. The first kappa shape index (κ1) is 19.7. The lowest BCUT2D eigenvalue weighted by molar-refractivity contribution is -0.118. The van der Waals surface area contributed by atoms with Gasteiger partial charge in [0.1, 0.15) is 11.5 Å². The van der Waals surface area contributed by atoms with Crippen LogP contribution in [0.3, 0.4) is 0 Å². The largest absolute Gasteiger partial charge is 0.496 e. The maximum absolute atomic E-state index is 13.1. The van der Waals surface area contributed by atoms with Gasteiger partial charge in [-0.25, -0.2) is 4.98 Å². The highest BCUT2D eigenvalue weighted by atomic mass is 32.1. The number of Topliss-reactive ketones (excluding diaryl/α,β-unsaturated/α-hetero) is 1. The Labute approximate surface area is 177 Å². The molecule has 1 N–H and O–H groups in total. The molecule has 0 saturated heterocycles. The fourth-order valence-corrected chi connectivity index (χ4v) is 4.44. The molecule has 150 valence electrons. The molecular formula is C22H18N4O3S. The lowest BCUT2D eigenvalue weighted by Crippen LogP contribution is -2.14. The number of carbonyl (C=O) groups is 2. The van der Waals surface area contributed by atoms with Gasteiger partial charge < -0.3 is 4.74 Å². The number of aryl methyl sites for hydroxylation is 2. The molecule has 4 rings (SSSR count). The zero-order valence-electron chi connectivity index (χ0n) is 16.5. The van der Waals surface area contributed by atoms with Crippen molar-refractivity contribution in [3.8, 4) is 22.9 Å². The molecule has 8 heteroatoms. The number of carbonyl (C=O) groups excluding carboxylic acids is 2. The predicted molar refractivity (Wildman–Crippen MR) is 113 cm³/mol. The number of nitrogens with zero attached hydrogens (tertiary/aromatic N) is 3. The molecule has 0 spiro atoms. The van der Waals surface area contributed by atoms with Gasteiger partial charge in [-0.05, 0) is 37.6 Å². The molecule has 7 nitrogen and oxygen atoms in total. The minimum absolute atomic E-state index is 0.193. The fourth-order valence-electron chi connectivity index (χ4n) is 3.41.